The minimum Gasteiger partial charge on any atom is -0.351 e. The quantitative estimate of drug-likeness (QED) is 0.427. The van der Waals surface area contributed by atoms with Crippen molar-refractivity contribution in [3.05, 3.63) is 17.5 Å². The van der Waals surface area contributed by atoms with Gasteiger partial charge in [0.1, 0.15) is 5.70 Å². The second kappa shape index (κ2) is 5.23. The van der Waals surface area contributed by atoms with Gasteiger partial charge in [-0.3, -0.25) is 10.1 Å². The van der Waals surface area contributed by atoms with E-state index in [0.29, 0.717) is 28.4 Å². The van der Waals surface area contributed by atoms with E-state index in [1.165, 1.54) is 11.8 Å². The summed E-state index contributed by atoms with van der Waals surface area (Å²) in [6.45, 7) is 0. The third-order valence-electron chi connectivity index (χ3n) is 3.49. The molecule has 2 aliphatic rings. The van der Waals surface area contributed by atoms with Gasteiger partial charge in [-0.2, -0.15) is 14.6 Å². The Morgan fingerprint density at radius 1 is 1.35 bits per heavy atom. The fourth-order valence-electron chi connectivity index (χ4n) is 2.21. The summed E-state index contributed by atoms with van der Waals surface area (Å²) in [6, 6.07) is -0.109. The number of fused-ring (bicyclic) bond motifs is 1. The normalized spacial score (nSPS) is 19.3. The Hall–Kier alpha value is -2.62. The molecule has 3 heterocycles. The minimum atomic E-state index is -0.534. The monoisotopic (exact) mass is 331 g/mol. The lowest BCUT2D eigenvalue weighted by Gasteiger charge is -2.07. The van der Waals surface area contributed by atoms with Gasteiger partial charge in [0.2, 0.25) is 5.95 Å². The zero-order valence-corrected chi connectivity index (χ0v) is 13.0. The highest BCUT2D eigenvalue weighted by Gasteiger charge is 2.25. The van der Waals surface area contributed by atoms with E-state index in [1.807, 2.05) is 6.26 Å². The number of hydrogen-bond acceptors (Lipinski definition) is 7. The smallest absolute Gasteiger partial charge is 0.326 e. The number of imide groups is 1. The van der Waals surface area contributed by atoms with Gasteiger partial charge in [0.25, 0.3) is 5.91 Å². The van der Waals surface area contributed by atoms with Crippen molar-refractivity contribution in [1.82, 2.24) is 30.2 Å². The average Bonchev–Trinajstić information content (AvgIpc) is 3.16. The number of hydrogen-bond donors (Lipinski definition) is 3. The molecule has 118 valence electrons. The van der Waals surface area contributed by atoms with Gasteiger partial charge in [0.05, 0.1) is 6.20 Å². The van der Waals surface area contributed by atoms with Crippen LogP contribution in [-0.2, 0) is 4.79 Å². The molecule has 1 saturated heterocycles. The van der Waals surface area contributed by atoms with Gasteiger partial charge in [-0.05, 0) is 25.2 Å². The Morgan fingerprint density at radius 3 is 2.83 bits per heavy atom. The topological polar surface area (TPSA) is 113 Å². The van der Waals surface area contributed by atoms with Crippen LogP contribution >= 0.6 is 11.8 Å². The number of carbonyl (C=O) groups is 2. The maximum absolute atomic E-state index is 11.7. The molecule has 0 aromatic carbocycles. The Bertz CT molecular complexity index is 855. The first kappa shape index (κ1) is 14.0. The predicted octanol–water partition coefficient (Wildman–Crippen LogP) is 0.601. The number of nitrogens with one attached hydrogen (secondary N) is 3. The summed E-state index contributed by atoms with van der Waals surface area (Å²) in [5, 5.41) is 12.8. The third kappa shape index (κ3) is 2.61. The van der Waals surface area contributed by atoms with Crippen LogP contribution in [0.15, 0.2) is 17.1 Å². The van der Waals surface area contributed by atoms with Gasteiger partial charge < -0.3 is 10.6 Å². The van der Waals surface area contributed by atoms with Crippen LogP contribution in [0.5, 0.6) is 0 Å². The molecule has 0 atom stereocenters. The van der Waals surface area contributed by atoms with Crippen molar-refractivity contribution in [2.75, 3.05) is 11.6 Å². The number of rotatable bonds is 4. The standard InChI is InChI=1S/C13H13N7O2S/c1-23-13-17-9-6(4-8-10(21)18-12(22)16-8)5-14-20(9)11(19-13)15-7-2-3-7/h4-5,7H,2-3H2,1H3,(H,15,17,19)(H2,16,18,21,22)/b8-4+. The van der Waals surface area contributed by atoms with E-state index < -0.39 is 11.9 Å². The van der Waals surface area contributed by atoms with Crippen LogP contribution in [0.3, 0.4) is 0 Å². The molecule has 2 fully saturated rings. The van der Waals surface area contributed by atoms with Crippen LogP contribution < -0.4 is 16.0 Å². The maximum atomic E-state index is 11.7. The van der Waals surface area contributed by atoms with E-state index in [-0.39, 0.29) is 5.70 Å². The number of aromatic nitrogens is 4. The average molecular weight is 331 g/mol. The van der Waals surface area contributed by atoms with E-state index in [1.54, 1.807) is 16.8 Å². The molecule has 10 heteroatoms. The largest absolute Gasteiger partial charge is 0.351 e. The number of thioether (sulfide) groups is 1. The second-order valence-electron chi connectivity index (χ2n) is 5.25. The van der Waals surface area contributed by atoms with Gasteiger partial charge in [-0.25, -0.2) is 9.78 Å². The molecule has 1 aliphatic heterocycles. The van der Waals surface area contributed by atoms with Gasteiger partial charge in [-0.15, -0.1) is 0 Å². The molecule has 0 bridgehead atoms. The van der Waals surface area contributed by atoms with Crippen molar-refractivity contribution in [2.24, 2.45) is 0 Å². The van der Waals surface area contributed by atoms with E-state index >= 15 is 0 Å². The molecule has 0 spiro atoms. The molecule has 1 aliphatic carbocycles. The number of anilines is 1. The van der Waals surface area contributed by atoms with Crippen LogP contribution in [0.2, 0.25) is 0 Å². The molecule has 23 heavy (non-hydrogen) atoms. The molecular formula is C13H13N7O2S. The van der Waals surface area contributed by atoms with Crippen LogP contribution in [0, 0.1) is 0 Å². The molecule has 2 aromatic rings. The van der Waals surface area contributed by atoms with E-state index in [4.69, 9.17) is 0 Å². The van der Waals surface area contributed by atoms with Crippen LogP contribution in [0.1, 0.15) is 18.4 Å². The molecule has 1 saturated carbocycles. The van der Waals surface area contributed by atoms with Gasteiger partial charge >= 0.3 is 6.03 Å². The summed E-state index contributed by atoms with van der Waals surface area (Å²) >= 11 is 1.43. The van der Waals surface area contributed by atoms with Crippen molar-refractivity contribution < 1.29 is 9.59 Å². The summed E-state index contributed by atoms with van der Waals surface area (Å²) in [7, 11) is 0. The molecule has 3 N–H and O–H groups in total. The van der Waals surface area contributed by atoms with Crippen LogP contribution in [0.4, 0.5) is 10.7 Å². The predicted molar refractivity (Wildman–Crippen MR) is 83.9 cm³/mol. The number of nitrogens with zero attached hydrogens (tertiary/aromatic N) is 4. The van der Waals surface area contributed by atoms with Crippen molar-refractivity contribution in [1.29, 1.82) is 0 Å². The summed E-state index contributed by atoms with van der Waals surface area (Å²) in [5.41, 5.74) is 1.38. The lowest BCUT2D eigenvalue weighted by Crippen LogP contribution is -2.22. The summed E-state index contributed by atoms with van der Waals surface area (Å²) in [4.78, 5) is 31.7. The molecular weight excluding hydrogens is 318 g/mol. The fraction of sp³-hybridized carbons (Fsp3) is 0.308. The Balaban J connectivity index is 1.80. The van der Waals surface area contributed by atoms with Crippen molar-refractivity contribution >= 4 is 41.4 Å². The van der Waals surface area contributed by atoms with Gasteiger partial charge in [0.15, 0.2) is 10.8 Å². The summed E-state index contributed by atoms with van der Waals surface area (Å²) < 4.78 is 1.61. The lowest BCUT2D eigenvalue weighted by atomic mass is 10.2. The second-order valence-corrected chi connectivity index (χ2v) is 6.03. The highest BCUT2D eigenvalue weighted by Crippen LogP contribution is 2.26. The third-order valence-corrected chi connectivity index (χ3v) is 4.04. The first-order valence-corrected chi connectivity index (χ1v) is 8.27. The highest BCUT2D eigenvalue weighted by molar-refractivity contribution is 7.98. The molecule has 0 radical (unpaired) electrons. The van der Waals surface area contributed by atoms with Crippen LogP contribution in [-0.4, -0.2) is 43.8 Å². The zero-order chi connectivity index (χ0) is 16.0. The van der Waals surface area contributed by atoms with E-state index in [0.717, 1.165) is 12.8 Å². The van der Waals surface area contributed by atoms with E-state index in [2.05, 4.69) is 31.0 Å². The molecule has 0 unspecified atom stereocenters. The number of carbonyl (C=O) groups excluding carboxylic acids is 2. The summed E-state index contributed by atoms with van der Waals surface area (Å²) in [6.07, 6.45) is 7.28. The molecule has 3 amide bonds. The SMILES string of the molecule is CSc1nc(NC2CC2)n2ncc(/C=C3/NC(=O)NC3=O)c2n1. The van der Waals surface area contributed by atoms with Crippen LogP contribution in [0.25, 0.3) is 11.7 Å². The molecule has 2 aromatic heterocycles. The van der Waals surface area contributed by atoms with Crippen molar-refractivity contribution in [3.63, 3.8) is 0 Å². The zero-order valence-electron chi connectivity index (χ0n) is 12.2. The first-order valence-electron chi connectivity index (χ1n) is 7.04. The summed E-state index contributed by atoms with van der Waals surface area (Å²) in [5.74, 6) is 0.163. The van der Waals surface area contributed by atoms with Gasteiger partial charge in [-0.1, -0.05) is 11.8 Å². The highest BCUT2D eigenvalue weighted by atomic mass is 32.2. The maximum Gasteiger partial charge on any atom is 0.326 e. The Kier molecular flexibility index (Phi) is 3.18. The Morgan fingerprint density at radius 2 is 2.17 bits per heavy atom. The van der Waals surface area contributed by atoms with Gasteiger partial charge in [0, 0.05) is 11.6 Å². The number of amides is 3. The Labute approximate surface area is 134 Å². The first-order chi connectivity index (χ1) is 11.1. The molecule has 9 nitrogen and oxygen atoms in total. The van der Waals surface area contributed by atoms with E-state index in [9.17, 15) is 9.59 Å². The minimum absolute atomic E-state index is 0.172. The number of urea groups is 1. The molecule has 4 rings (SSSR count). The van der Waals surface area contributed by atoms with Crippen molar-refractivity contribution in [3.8, 4) is 0 Å². The fourth-order valence-corrected chi connectivity index (χ4v) is 2.57. The lowest BCUT2D eigenvalue weighted by molar-refractivity contribution is -0.115. The van der Waals surface area contributed by atoms with Crippen molar-refractivity contribution in [2.45, 2.75) is 24.0 Å².